The molecule has 0 saturated carbocycles. The van der Waals surface area contributed by atoms with Gasteiger partial charge < -0.3 is 14.7 Å². The van der Waals surface area contributed by atoms with Gasteiger partial charge in [0.05, 0.1) is 6.04 Å². The largest absolute Gasteiger partial charge is 0.364 e. The molecule has 0 spiro atoms. The molecule has 0 radical (unpaired) electrons. The molecular formula is C22H20N6O3. The van der Waals surface area contributed by atoms with E-state index >= 15 is 0 Å². The van der Waals surface area contributed by atoms with E-state index < -0.39 is 0 Å². The zero-order valence-corrected chi connectivity index (χ0v) is 16.6. The number of nitrogens with one attached hydrogen (secondary N) is 1. The van der Waals surface area contributed by atoms with Crippen LogP contribution in [0.25, 0.3) is 5.65 Å². The van der Waals surface area contributed by atoms with Crippen LogP contribution in [0, 0.1) is 0 Å². The van der Waals surface area contributed by atoms with Crippen LogP contribution in [0.4, 0.5) is 0 Å². The van der Waals surface area contributed by atoms with Gasteiger partial charge in [0.2, 0.25) is 0 Å². The first-order chi connectivity index (χ1) is 15.2. The van der Waals surface area contributed by atoms with Crippen molar-refractivity contribution in [3.05, 3.63) is 84.1 Å². The van der Waals surface area contributed by atoms with Crippen molar-refractivity contribution in [2.75, 3.05) is 13.1 Å². The smallest absolute Gasteiger partial charge is 0.276 e. The van der Waals surface area contributed by atoms with Crippen LogP contribution in [0.15, 0.2) is 71.7 Å². The Kier molecular flexibility index (Phi) is 4.91. The highest BCUT2D eigenvalue weighted by Gasteiger charge is 2.34. The topological polar surface area (TPSA) is 106 Å². The number of nitrogens with zero attached hydrogens (tertiary/aromatic N) is 5. The van der Waals surface area contributed by atoms with Crippen molar-refractivity contribution in [2.45, 2.75) is 18.4 Å². The van der Waals surface area contributed by atoms with Crippen LogP contribution in [-0.2, 0) is 0 Å². The summed E-state index contributed by atoms with van der Waals surface area (Å²) in [6.07, 6.45) is 3.51. The molecule has 1 fully saturated rings. The molecule has 4 aromatic rings. The number of fused-ring (bicyclic) bond motifs is 1. The summed E-state index contributed by atoms with van der Waals surface area (Å²) in [6, 6.07) is 16.6. The first kappa shape index (κ1) is 19.0. The number of carbonyl (C=O) groups is 2. The maximum absolute atomic E-state index is 13.2. The lowest BCUT2D eigenvalue weighted by Crippen LogP contribution is -2.53. The number of rotatable bonds is 4. The summed E-state index contributed by atoms with van der Waals surface area (Å²) < 4.78 is 6.32. The molecule has 1 aliphatic heterocycles. The standard InChI is InChI=1S/C22H20N6O3/c29-21(19-7-4-8-20-23-14-24-28(19)20)25-18-13-27(22(30)17-10-12-31-26-17)11-9-16(18)15-5-2-1-3-6-15/h1-8,10,12,14,16,18H,9,11,13H2,(H,25,29)/t16-,18+/m0/s1. The molecule has 1 aromatic carbocycles. The minimum atomic E-state index is -0.279. The Bertz CT molecular complexity index is 1200. The first-order valence-corrected chi connectivity index (χ1v) is 10.0. The van der Waals surface area contributed by atoms with Gasteiger partial charge in [0.25, 0.3) is 11.8 Å². The quantitative estimate of drug-likeness (QED) is 0.546. The number of hydrogen-bond acceptors (Lipinski definition) is 6. The van der Waals surface area contributed by atoms with Gasteiger partial charge >= 0.3 is 0 Å². The van der Waals surface area contributed by atoms with E-state index in [9.17, 15) is 9.59 Å². The van der Waals surface area contributed by atoms with Gasteiger partial charge in [-0.05, 0) is 24.1 Å². The number of likely N-dealkylation sites (tertiary alicyclic amines) is 1. The van der Waals surface area contributed by atoms with Crippen LogP contribution < -0.4 is 5.32 Å². The average Bonchev–Trinajstić information content (AvgIpc) is 3.51. The number of pyridine rings is 1. The van der Waals surface area contributed by atoms with Crippen LogP contribution in [0.2, 0.25) is 0 Å². The van der Waals surface area contributed by atoms with E-state index in [1.165, 1.54) is 17.1 Å². The Morgan fingerprint density at radius 2 is 1.94 bits per heavy atom. The van der Waals surface area contributed by atoms with Crippen LogP contribution in [-0.4, -0.2) is 55.6 Å². The number of hydrogen-bond donors (Lipinski definition) is 1. The van der Waals surface area contributed by atoms with Crippen molar-refractivity contribution in [1.82, 2.24) is 30.0 Å². The SMILES string of the molecule is O=C(N[C@@H]1CN(C(=O)c2ccon2)CC[C@H]1c1ccccc1)c1cccc2ncnn12. The summed E-state index contributed by atoms with van der Waals surface area (Å²) in [4.78, 5) is 31.8. The molecule has 1 aliphatic rings. The van der Waals surface area contributed by atoms with E-state index in [2.05, 4.69) is 32.7 Å². The number of piperidine rings is 1. The fraction of sp³-hybridized carbons (Fsp3) is 0.227. The van der Waals surface area contributed by atoms with Crippen LogP contribution >= 0.6 is 0 Å². The van der Waals surface area contributed by atoms with Crippen molar-refractivity contribution in [3.8, 4) is 0 Å². The number of amides is 2. The average molecular weight is 416 g/mol. The molecule has 3 aromatic heterocycles. The summed E-state index contributed by atoms with van der Waals surface area (Å²) in [5.41, 5.74) is 2.37. The van der Waals surface area contributed by atoms with E-state index in [4.69, 9.17) is 4.52 Å². The summed E-state index contributed by atoms with van der Waals surface area (Å²) in [5, 5.41) is 11.0. The monoisotopic (exact) mass is 416 g/mol. The number of aromatic nitrogens is 4. The lowest BCUT2D eigenvalue weighted by atomic mass is 9.85. The predicted octanol–water partition coefficient (Wildman–Crippen LogP) is 2.15. The van der Waals surface area contributed by atoms with E-state index in [1.807, 2.05) is 18.2 Å². The second-order valence-electron chi connectivity index (χ2n) is 7.46. The molecule has 31 heavy (non-hydrogen) atoms. The summed E-state index contributed by atoms with van der Waals surface area (Å²) in [5.74, 6) is -0.405. The summed E-state index contributed by atoms with van der Waals surface area (Å²) >= 11 is 0. The third kappa shape index (κ3) is 3.65. The molecule has 2 amide bonds. The van der Waals surface area contributed by atoms with Crippen LogP contribution in [0.3, 0.4) is 0 Å². The molecule has 1 N–H and O–H groups in total. The van der Waals surface area contributed by atoms with Gasteiger partial charge in [-0.1, -0.05) is 41.6 Å². The van der Waals surface area contributed by atoms with Gasteiger partial charge in [-0.25, -0.2) is 9.50 Å². The summed E-state index contributed by atoms with van der Waals surface area (Å²) in [6.45, 7) is 0.931. The van der Waals surface area contributed by atoms with Crippen molar-refractivity contribution in [3.63, 3.8) is 0 Å². The van der Waals surface area contributed by atoms with Gasteiger partial charge in [0.15, 0.2) is 11.3 Å². The van der Waals surface area contributed by atoms with Gasteiger partial charge in [0, 0.05) is 25.1 Å². The maximum atomic E-state index is 13.2. The molecule has 1 saturated heterocycles. The highest BCUT2D eigenvalue weighted by atomic mass is 16.5. The molecule has 4 heterocycles. The Labute approximate surface area is 177 Å². The molecule has 5 rings (SSSR count). The fourth-order valence-electron chi connectivity index (χ4n) is 4.13. The molecule has 0 aliphatic carbocycles. The molecular weight excluding hydrogens is 396 g/mol. The van der Waals surface area contributed by atoms with Crippen LogP contribution in [0.1, 0.15) is 38.9 Å². The van der Waals surface area contributed by atoms with Crippen LogP contribution in [0.5, 0.6) is 0 Å². The molecule has 156 valence electrons. The third-order valence-corrected chi connectivity index (χ3v) is 5.64. The normalized spacial score (nSPS) is 18.8. The molecule has 9 heteroatoms. The first-order valence-electron chi connectivity index (χ1n) is 10.0. The van der Waals surface area contributed by atoms with Gasteiger partial charge in [-0.15, -0.1) is 0 Å². The Morgan fingerprint density at radius 1 is 1.06 bits per heavy atom. The highest BCUT2D eigenvalue weighted by molar-refractivity contribution is 5.94. The van der Waals surface area contributed by atoms with Crippen molar-refractivity contribution >= 4 is 17.5 Å². The lowest BCUT2D eigenvalue weighted by molar-refractivity contribution is 0.0644. The Morgan fingerprint density at radius 3 is 2.74 bits per heavy atom. The fourth-order valence-corrected chi connectivity index (χ4v) is 4.13. The molecule has 0 unspecified atom stereocenters. The highest BCUT2D eigenvalue weighted by Crippen LogP contribution is 2.29. The minimum absolute atomic E-state index is 0.0708. The zero-order valence-electron chi connectivity index (χ0n) is 16.6. The van der Waals surface area contributed by atoms with E-state index in [0.717, 1.165) is 5.56 Å². The number of carbonyl (C=O) groups excluding carboxylic acids is 2. The number of benzene rings is 1. The predicted molar refractivity (Wildman–Crippen MR) is 110 cm³/mol. The molecule has 2 atom stereocenters. The zero-order chi connectivity index (χ0) is 21.2. The minimum Gasteiger partial charge on any atom is -0.364 e. The van der Waals surface area contributed by atoms with Gasteiger partial charge in [-0.3, -0.25) is 9.59 Å². The maximum Gasteiger partial charge on any atom is 0.276 e. The Balaban J connectivity index is 1.43. The van der Waals surface area contributed by atoms with Gasteiger partial charge in [0.1, 0.15) is 18.3 Å². The second-order valence-corrected chi connectivity index (χ2v) is 7.46. The third-order valence-electron chi connectivity index (χ3n) is 5.64. The second kappa shape index (κ2) is 8.02. The van der Waals surface area contributed by atoms with Crippen molar-refractivity contribution in [2.24, 2.45) is 0 Å². The molecule has 0 bridgehead atoms. The van der Waals surface area contributed by atoms with E-state index in [1.54, 1.807) is 29.2 Å². The van der Waals surface area contributed by atoms with Gasteiger partial charge in [-0.2, -0.15) is 5.10 Å². The lowest BCUT2D eigenvalue weighted by Gasteiger charge is -2.39. The summed E-state index contributed by atoms with van der Waals surface area (Å²) in [7, 11) is 0. The van der Waals surface area contributed by atoms with E-state index in [-0.39, 0.29) is 29.5 Å². The molecule has 9 nitrogen and oxygen atoms in total. The van der Waals surface area contributed by atoms with Crippen molar-refractivity contribution < 1.29 is 14.1 Å². The Hall–Kier alpha value is -4.01. The van der Waals surface area contributed by atoms with E-state index in [0.29, 0.717) is 30.9 Å². The van der Waals surface area contributed by atoms with Crippen molar-refractivity contribution in [1.29, 1.82) is 0 Å².